The van der Waals surface area contributed by atoms with Gasteiger partial charge in [0.05, 0.1) is 0 Å². The zero-order chi connectivity index (χ0) is 19.2. The lowest BCUT2D eigenvalue weighted by Gasteiger charge is -2.08. The van der Waals surface area contributed by atoms with E-state index in [9.17, 15) is 14.0 Å². The minimum atomic E-state index is -0.414. The lowest BCUT2D eigenvalue weighted by Crippen LogP contribution is -2.24. The Morgan fingerprint density at radius 1 is 1.00 bits per heavy atom. The summed E-state index contributed by atoms with van der Waals surface area (Å²) in [5, 5.41) is 5.37. The van der Waals surface area contributed by atoms with E-state index in [0.29, 0.717) is 11.3 Å². The molecule has 5 nitrogen and oxygen atoms in total. The summed E-state index contributed by atoms with van der Waals surface area (Å²) < 4.78 is 13.6. The van der Waals surface area contributed by atoms with Gasteiger partial charge in [0, 0.05) is 29.6 Å². The number of aryl methyl sites for hydroxylation is 1. The van der Waals surface area contributed by atoms with E-state index in [-0.39, 0.29) is 23.6 Å². The van der Waals surface area contributed by atoms with E-state index >= 15 is 0 Å². The number of hydrogen-bond acceptors (Lipinski definition) is 3. The Bertz CT molecular complexity index is 971. The van der Waals surface area contributed by atoms with E-state index in [2.05, 4.69) is 15.6 Å². The molecule has 6 heteroatoms. The van der Waals surface area contributed by atoms with Gasteiger partial charge in [-0.2, -0.15) is 0 Å². The number of aromatic nitrogens is 1. The van der Waals surface area contributed by atoms with E-state index in [1.165, 1.54) is 24.4 Å². The molecule has 0 fully saturated rings. The predicted molar refractivity (Wildman–Crippen MR) is 101 cm³/mol. The summed E-state index contributed by atoms with van der Waals surface area (Å²) >= 11 is 0. The van der Waals surface area contributed by atoms with Gasteiger partial charge < -0.3 is 10.6 Å². The maximum atomic E-state index is 13.6. The molecule has 2 amide bonds. The number of carbonyl (C=O) groups is 2. The Morgan fingerprint density at radius 3 is 2.48 bits per heavy atom. The molecule has 1 aromatic heterocycles. The van der Waals surface area contributed by atoms with Crippen LogP contribution in [0.4, 0.5) is 10.1 Å². The Hall–Kier alpha value is -3.54. The molecule has 0 spiro atoms. The van der Waals surface area contributed by atoms with Crippen molar-refractivity contribution in [3.8, 4) is 0 Å². The van der Waals surface area contributed by atoms with Gasteiger partial charge in [0.1, 0.15) is 11.5 Å². The standard InChI is InChI=1S/C21H18FN3O2/c1-14-6-8-17(9-7-14)25-21(27)19-12-15(10-11-23-19)20(26)24-13-16-4-2-3-5-18(16)22/h2-12H,13H2,1H3,(H,24,26)(H,25,27). The van der Waals surface area contributed by atoms with E-state index in [1.54, 1.807) is 30.3 Å². The van der Waals surface area contributed by atoms with Crippen LogP contribution in [-0.4, -0.2) is 16.8 Å². The number of hydrogen-bond donors (Lipinski definition) is 2. The largest absolute Gasteiger partial charge is 0.348 e. The summed E-state index contributed by atoms with van der Waals surface area (Å²) in [5.41, 5.74) is 2.50. The van der Waals surface area contributed by atoms with Gasteiger partial charge >= 0.3 is 0 Å². The van der Waals surface area contributed by atoms with Crippen molar-refractivity contribution >= 4 is 17.5 Å². The maximum Gasteiger partial charge on any atom is 0.274 e. The molecule has 3 aromatic rings. The zero-order valence-electron chi connectivity index (χ0n) is 14.7. The van der Waals surface area contributed by atoms with Crippen molar-refractivity contribution in [2.75, 3.05) is 5.32 Å². The first-order valence-corrected chi connectivity index (χ1v) is 8.38. The number of carbonyl (C=O) groups excluding carboxylic acids is 2. The quantitative estimate of drug-likeness (QED) is 0.726. The van der Waals surface area contributed by atoms with E-state index in [1.807, 2.05) is 19.1 Å². The van der Waals surface area contributed by atoms with Gasteiger partial charge in [-0.25, -0.2) is 4.39 Å². The number of pyridine rings is 1. The maximum absolute atomic E-state index is 13.6. The molecule has 3 rings (SSSR count). The highest BCUT2D eigenvalue weighted by atomic mass is 19.1. The summed E-state index contributed by atoms with van der Waals surface area (Å²) in [4.78, 5) is 28.7. The van der Waals surface area contributed by atoms with Crippen LogP contribution >= 0.6 is 0 Å². The second-order valence-electron chi connectivity index (χ2n) is 6.02. The molecule has 2 aromatic carbocycles. The second kappa shape index (κ2) is 8.23. The molecule has 0 aliphatic heterocycles. The van der Waals surface area contributed by atoms with Crippen molar-refractivity contribution in [2.45, 2.75) is 13.5 Å². The van der Waals surface area contributed by atoms with Gasteiger partial charge in [-0.1, -0.05) is 35.9 Å². The number of nitrogens with one attached hydrogen (secondary N) is 2. The minimum Gasteiger partial charge on any atom is -0.348 e. The number of halogens is 1. The second-order valence-corrected chi connectivity index (χ2v) is 6.02. The molecular formula is C21H18FN3O2. The molecule has 2 N–H and O–H groups in total. The number of amides is 2. The monoisotopic (exact) mass is 363 g/mol. The third-order valence-electron chi connectivity index (χ3n) is 3.96. The molecule has 1 heterocycles. The lowest BCUT2D eigenvalue weighted by molar-refractivity contribution is 0.0950. The predicted octanol–water partition coefficient (Wildman–Crippen LogP) is 3.71. The fourth-order valence-electron chi connectivity index (χ4n) is 2.45. The number of benzene rings is 2. The van der Waals surface area contributed by atoms with Crippen LogP contribution in [-0.2, 0) is 6.54 Å². The normalized spacial score (nSPS) is 10.3. The number of nitrogens with zero attached hydrogens (tertiary/aromatic N) is 1. The third kappa shape index (κ3) is 4.76. The summed E-state index contributed by atoms with van der Waals surface area (Å²) in [6, 6.07) is 16.5. The molecule has 136 valence electrons. The van der Waals surface area contributed by atoms with Gasteiger partial charge in [0.15, 0.2) is 0 Å². The first-order valence-electron chi connectivity index (χ1n) is 8.38. The van der Waals surface area contributed by atoms with Crippen molar-refractivity contribution < 1.29 is 14.0 Å². The molecule has 27 heavy (non-hydrogen) atoms. The molecule has 0 radical (unpaired) electrons. The van der Waals surface area contributed by atoms with Gasteiger partial charge in [-0.15, -0.1) is 0 Å². The molecule has 0 saturated heterocycles. The van der Waals surface area contributed by atoms with Crippen molar-refractivity contribution in [3.05, 3.63) is 95.1 Å². The third-order valence-corrected chi connectivity index (χ3v) is 3.96. The highest BCUT2D eigenvalue weighted by Crippen LogP contribution is 2.11. The Morgan fingerprint density at radius 2 is 1.74 bits per heavy atom. The topological polar surface area (TPSA) is 71.1 Å². The zero-order valence-corrected chi connectivity index (χ0v) is 14.7. The van der Waals surface area contributed by atoms with E-state index in [4.69, 9.17) is 0 Å². The van der Waals surface area contributed by atoms with Gasteiger partial charge in [-0.3, -0.25) is 14.6 Å². The fourth-order valence-corrected chi connectivity index (χ4v) is 2.45. The molecule has 0 aliphatic carbocycles. The summed E-state index contributed by atoms with van der Waals surface area (Å²) in [6.45, 7) is 2.01. The molecule has 0 aliphatic rings. The van der Waals surface area contributed by atoms with Crippen LogP contribution in [0.3, 0.4) is 0 Å². The lowest BCUT2D eigenvalue weighted by atomic mass is 10.1. The molecular weight excluding hydrogens is 345 g/mol. The summed E-state index contributed by atoms with van der Waals surface area (Å²) in [5.74, 6) is -1.21. The molecule has 0 saturated carbocycles. The summed E-state index contributed by atoms with van der Waals surface area (Å²) in [7, 11) is 0. The highest BCUT2D eigenvalue weighted by molar-refractivity contribution is 6.04. The Kier molecular flexibility index (Phi) is 5.56. The first-order chi connectivity index (χ1) is 13.0. The van der Waals surface area contributed by atoms with Crippen LogP contribution in [0.5, 0.6) is 0 Å². The van der Waals surface area contributed by atoms with Crippen LogP contribution in [0.15, 0.2) is 66.9 Å². The average Bonchev–Trinajstić information content (AvgIpc) is 2.69. The van der Waals surface area contributed by atoms with Gasteiger partial charge in [0.25, 0.3) is 11.8 Å². The fraction of sp³-hybridized carbons (Fsp3) is 0.0952. The smallest absolute Gasteiger partial charge is 0.274 e. The molecule has 0 bridgehead atoms. The SMILES string of the molecule is Cc1ccc(NC(=O)c2cc(C(=O)NCc3ccccc3F)ccn2)cc1. The van der Waals surface area contributed by atoms with Crippen molar-refractivity contribution in [1.29, 1.82) is 0 Å². The van der Waals surface area contributed by atoms with Gasteiger partial charge in [0.2, 0.25) is 0 Å². The van der Waals surface area contributed by atoms with E-state index < -0.39 is 11.8 Å². The Labute approximate surface area is 156 Å². The van der Waals surface area contributed by atoms with Crippen molar-refractivity contribution in [2.24, 2.45) is 0 Å². The average molecular weight is 363 g/mol. The van der Waals surface area contributed by atoms with Crippen LogP contribution in [0.1, 0.15) is 32.0 Å². The minimum absolute atomic E-state index is 0.0543. The van der Waals surface area contributed by atoms with E-state index in [0.717, 1.165) is 5.56 Å². The Balaban J connectivity index is 1.67. The van der Waals surface area contributed by atoms with Crippen molar-refractivity contribution in [1.82, 2.24) is 10.3 Å². The highest BCUT2D eigenvalue weighted by Gasteiger charge is 2.12. The molecule has 0 unspecified atom stereocenters. The first kappa shape index (κ1) is 18.3. The van der Waals surface area contributed by atoms with Crippen LogP contribution < -0.4 is 10.6 Å². The van der Waals surface area contributed by atoms with Gasteiger partial charge in [-0.05, 0) is 37.3 Å². The van der Waals surface area contributed by atoms with Crippen LogP contribution in [0.2, 0.25) is 0 Å². The molecule has 0 atom stereocenters. The van der Waals surface area contributed by atoms with Crippen LogP contribution in [0, 0.1) is 12.7 Å². The van der Waals surface area contributed by atoms with Crippen molar-refractivity contribution in [3.63, 3.8) is 0 Å². The summed E-state index contributed by atoms with van der Waals surface area (Å²) in [6.07, 6.45) is 1.39. The van der Waals surface area contributed by atoms with Crippen LogP contribution in [0.25, 0.3) is 0 Å². The number of anilines is 1. The number of rotatable bonds is 5.